The molecule has 5 heteroatoms. The highest BCUT2D eigenvalue weighted by Crippen LogP contribution is 2.28. The van der Waals surface area contributed by atoms with Crippen LogP contribution in [0.2, 0.25) is 0 Å². The van der Waals surface area contributed by atoms with E-state index in [0.717, 1.165) is 0 Å². The van der Waals surface area contributed by atoms with Crippen LogP contribution in [-0.2, 0) is 13.8 Å². The summed E-state index contributed by atoms with van der Waals surface area (Å²) in [6.07, 6.45) is 0. The van der Waals surface area contributed by atoms with E-state index >= 15 is 0 Å². The first-order chi connectivity index (χ1) is 3.96. The van der Waals surface area contributed by atoms with Crippen molar-refractivity contribution in [3.63, 3.8) is 0 Å². The van der Waals surface area contributed by atoms with Gasteiger partial charge in [-0.3, -0.25) is 0 Å². The Labute approximate surface area is 58.4 Å². The Balaban J connectivity index is 2.84. The van der Waals surface area contributed by atoms with Crippen molar-refractivity contribution >= 4 is 19.7 Å². The number of ether oxygens (including phenoxy) is 1. The molecule has 1 heterocycles. The third-order valence-corrected chi connectivity index (χ3v) is 3.93. The topological polar surface area (TPSA) is 43.4 Å². The fourth-order valence-corrected chi connectivity index (χ4v) is 1.25. The summed E-state index contributed by atoms with van der Waals surface area (Å²) >= 11 is 0. The molecule has 9 heavy (non-hydrogen) atoms. The van der Waals surface area contributed by atoms with E-state index in [1.807, 2.05) is 0 Å². The van der Waals surface area contributed by atoms with Gasteiger partial charge >= 0.3 is 0 Å². The second-order valence-electron chi connectivity index (χ2n) is 2.38. The van der Waals surface area contributed by atoms with Crippen LogP contribution in [0.1, 0.15) is 6.92 Å². The molecule has 0 aromatic heterocycles. The fourth-order valence-electron chi connectivity index (χ4n) is 0.530. The Bertz CT molecular complexity index is 204. The van der Waals surface area contributed by atoms with Crippen LogP contribution in [0.4, 0.5) is 0 Å². The van der Waals surface area contributed by atoms with Crippen molar-refractivity contribution in [2.75, 3.05) is 13.2 Å². The van der Waals surface area contributed by atoms with Crippen LogP contribution in [0.15, 0.2) is 0 Å². The third kappa shape index (κ3) is 1.07. The summed E-state index contributed by atoms with van der Waals surface area (Å²) in [6.45, 7) is 2.01. The summed E-state index contributed by atoms with van der Waals surface area (Å²) in [5.41, 5.74) is 0. The lowest BCUT2D eigenvalue weighted by Gasteiger charge is -2.34. The van der Waals surface area contributed by atoms with Gasteiger partial charge in [0, 0.05) is 10.7 Å². The summed E-state index contributed by atoms with van der Waals surface area (Å²) in [4.78, 5) is 0. The normalized spacial score (nSPS) is 25.1. The van der Waals surface area contributed by atoms with Gasteiger partial charge < -0.3 is 4.74 Å². The molecule has 0 bridgehead atoms. The Morgan fingerprint density at radius 1 is 1.56 bits per heavy atom. The molecule has 0 aliphatic carbocycles. The van der Waals surface area contributed by atoms with Crippen molar-refractivity contribution in [1.29, 1.82) is 0 Å². The van der Waals surface area contributed by atoms with Gasteiger partial charge in [-0.1, -0.05) is 0 Å². The lowest BCUT2D eigenvalue weighted by atomic mass is 10.1. The van der Waals surface area contributed by atoms with E-state index in [2.05, 4.69) is 0 Å². The highest BCUT2D eigenvalue weighted by Gasteiger charge is 2.45. The molecule has 3 nitrogen and oxygen atoms in total. The summed E-state index contributed by atoms with van der Waals surface area (Å²) in [7, 11) is 1.65. The van der Waals surface area contributed by atoms with Gasteiger partial charge in [0.15, 0.2) is 0 Å². The second kappa shape index (κ2) is 1.84. The van der Waals surface area contributed by atoms with E-state index in [4.69, 9.17) is 15.4 Å². The first-order valence-corrected chi connectivity index (χ1v) is 4.79. The van der Waals surface area contributed by atoms with Crippen molar-refractivity contribution in [1.82, 2.24) is 0 Å². The SMILES string of the molecule is CC1(S(=O)(=O)Cl)COC1. The van der Waals surface area contributed by atoms with E-state index in [1.54, 1.807) is 6.92 Å². The van der Waals surface area contributed by atoms with Gasteiger partial charge in [-0.05, 0) is 6.92 Å². The van der Waals surface area contributed by atoms with Crippen LogP contribution < -0.4 is 0 Å². The molecule has 1 fully saturated rings. The molecule has 1 saturated heterocycles. The van der Waals surface area contributed by atoms with Gasteiger partial charge in [0.05, 0.1) is 13.2 Å². The van der Waals surface area contributed by atoms with E-state index < -0.39 is 13.8 Å². The van der Waals surface area contributed by atoms with Crippen LogP contribution in [0, 0.1) is 0 Å². The Kier molecular flexibility index (Phi) is 1.49. The van der Waals surface area contributed by atoms with Gasteiger partial charge in [-0.2, -0.15) is 0 Å². The van der Waals surface area contributed by atoms with Crippen molar-refractivity contribution in [3.8, 4) is 0 Å². The lowest BCUT2D eigenvalue weighted by molar-refractivity contribution is -0.00382. The highest BCUT2D eigenvalue weighted by molar-refractivity contribution is 8.14. The minimum absolute atomic E-state index is 0.221. The summed E-state index contributed by atoms with van der Waals surface area (Å²) in [5.74, 6) is 0. The molecule has 0 aromatic rings. The maximum absolute atomic E-state index is 10.6. The molecule has 1 rings (SSSR count). The molecule has 1 aliphatic heterocycles. The fraction of sp³-hybridized carbons (Fsp3) is 1.00. The summed E-state index contributed by atoms with van der Waals surface area (Å²) in [6, 6.07) is 0. The molecular formula is C4H7ClO3S. The third-order valence-electron chi connectivity index (χ3n) is 1.40. The van der Waals surface area contributed by atoms with Crippen LogP contribution in [0.5, 0.6) is 0 Å². The Morgan fingerprint density at radius 2 is 2.00 bits per heavy atom. The molecule has 0 spiro atoms. The van der Waals surface area contributed by atoms with Gasteiger partial charge in [0.2, 0.25) is 9.05 Å². The van der Waals surface area contributed by atoms with Crippen LogP contribution in [0.25, 0.3) is 0 Å². The molecule has 54 valence electrons. The molecule has 0 N–H and O–H groups in total. The van der Waals surface area contributed by atoms with Crippen molar-refractivity contribution < 1.29 is 13.2 Å². The van der Waals surface area contributed by atoms with Gasteiger partial charge in [0.25, 0.3) is 0 Å². The second-order valence-corrected chi connectivity index (χ2v) is 5.46. The first-order valence-electron chi connectivity index (χ1n) is 2.48. The quantitative estimate of drug-likeness (QED) is 0.534. The molecule has 0 radical (unpaired) electrons. The zero-order valence-corrected chi connectivity index (χ0v) is 6.50. The predicted molar refractivity (Wildman–Crippen MR) is 34.0 cm³/mol. The molecule has 0 unspecified atom stereocenters. The molecule has 0 amide bonds. The maximum Gasteiger partial charge on any atom is 0.242 e. The number of halogens is 1. The van der Waals surface area contributed by atoms with Gasteiger partial charge in [0.1, 0.15) is 4.75 Å². The van der Waals surface area contributed by atoms with E-state index in [1.165, 1.54) is 0 Å². The van der Waals surface area contributed by atoms with Gasteiger partial charge in [-0.15, -0.1) is 0 Å². The number of rotatable bonds is 1. The summed E-state index contributed by atoms with van der Waals surface area (Å²) in [5, 5.41) is 0. The van der Waals surface area contributed by atoms with E-state index in [9.17, 15) is 8.42 Å². The molecular weight excluding hydrogens is 164 g/mol. The Morgan fingerprint density at radius 3 is 2.00 bits per heavy atom. The monoisotopic (exact) mass is 170 g/mol. The molecule has 0 aromatic carbocycles. The average molecular weight is 171 g/mol. The lowest BCUT2D eigenvalue weighted by Crippen LogP contribution is -2.51. The first kappa shape index (κ1) is 7.31. The van der Waals surface area contributed by atoms with Crippen LogP contribution >= 0.6 is 10.7 Å². The summed E-state index contributed by atoms with van der Waals surface area (Å²) < 4.78 is 25.1. The van der Waals surface area contributed by atoms with Crippen LogP contribution in [-0.4, -0.2) is 26.4 Å². The predicted octanol–water partition coefficient (Wildman–Crippen LogP) is 0.344. The number of hydrogen-bond acceptors (Lipinski definition) is 3. The molecule has 1 aliphatic rings. The van der Waals surface area contributed by atoms with Crippen molar-refractivity contribution in [2.45, 2.75) is 11.7 Å². The molecule has 0 saturated carbocycles. The van der Waals surface area contributed by atoms with Crippen LogP contribution in [0.3, 0.4) is 0 Å². The van der Waals surface area contributed by atoms with E-state index in [-0.39, 0.29) is 13.2 Å². The van der Waals surface area contributed by atoms with Gasteiger partial charge in [-0.25, -0.2) is 8.42 Å². The molecule has 0 atom stereocenters. The standard InChI is InChI=1S/C4H7ClO3S/c1-4(2-8-3-4)9(5,6)7/h2-3H2,1H3. The maximum atomic E-state index is 10.6. The minimum Gasteiger partial charge on any atom is -0.378 e. The highest BCUT2D eigenvalue weighted by atomic mass is 35.7. The Hall–Kier alpha value is 0.200. The zero-order chi connectivity index (χ0) is 7.12. The van der Waals surface area contributed by atoms with Crippen molar-refractivity contribution in [2.24, 2.45) is 0 Å². The van der Waals surface area contributed by atoms with E-state index in [0.29, 0.717) is 0 Å². The van der Waals surface area contributed by atoms with Crippen molar-refractivity contribution in [3.05, 3.63) is 0 Å². The largest absolute Gasteiger partial charge is 0.378 e. The average Bonchev–Trinajstić information content (AvgIpc) is 1.57. The minimum atomic E-state index is -3.42. The zero-order valence-electron chi connectivity index (χ0n) is 4.93. The smallest absolute Gasteiger partial charge is 0.242 e. The number of hydrogen-bond donors (Lipinski definition) is 0.